The van der Waals surface area contributed by atoms with Gasteiger partial charge in [0.2, 0.25) is 0 Å². The monoisotopic (exact) mass is 572 g/mol. The van der Waals surface area contributed by atoms with Crippen LogP contribution in [0.3, 0.4) is 0 Å². The number of ketones is 2. The van der Waals surface area contributed by atoms with Gasteiger partial charge in [-0.2, -0.15) is 0 Å². The predicted octanol–water partition coefficient (Wildman–Crippen LogP) is 7.28. The molecule has 0 saturated carbocycles. The van der Waals surface area contributed by atoms with Gasteiger partial charge in [0.05, 0.1) is 11.5 Å². The summed E-state index contributed by atoms with van der Waals surface area (Å²) in [7, 11) is 0. The van der Waals surface area contributed by atoms with Crippen molar-refractivity contribution in [3.05, 3.63) is 86.2 Å². The molecule has 222 valence electrons. The molecule has 0 bridgehead atoms. The van der Waals surface area contributed by atoms with Gasteiger partial charge in [-0.1, -0.05) is 45.9 Å². The van der Waals surface area contributed by atoms with Gasteiger partial charge in [0.1, 0.15) is 6.61 Å². The third-order valence-electron chi connectivity index (χ3n) is 8.45. The van der Waals surface area contributed by atoms with E-state index in [2.05, 4.69) is 39.5 Å². The highest BCUT2D eigenvalue weighted by Gasteiger charge is 2.48. The molecular weight excluding hydrogens is 532 g/mol. The molecule has 2 aliphatic carbocycles. The molecule has 0 atom stereocenters. The molecule has 0 spiro atoms. The number of nitrogens with zero attached hydrogens (tertiary/aromatic N) is 2. The largest absolute Gasteiger partial charge is 0.490 e. The number of benzene rings is 2. The average molecular weight is 573 g/mol. The van der Waals surface area contributed by atoms with E-state index in [1.165, 1.54) is 12.1 Å². The van der Waals surface area contributed by atoms with Crippen molar-refractivity contribution in [1.29, 1.82) is 0 Å². The molecule has 0 radical (unpaired) electrons. The summed E-state index contributed by atoms with van der Waals surface area (Å²) < 4.78 is 12.1. The van der Waals surface area contributed by atoms with Crippen LogP contribution in [0.5, 0.6) is 11.5 Å². The second kappa shape index (κ2) is 11.0. The Bertz CT molecular complexity index is 1460. The maximum absolute atomic E-state index is 13.9. The number of rotatable bonds is 8. The summed E-state index contributed by atoms with van der Waals surface area (Å²) in [5, 5.41) is 11.2. The Morgan fingerprint density at radius 3 is 2.02 bits per heavy atom. The van der Waals surface area contributed by atoms with Crippen LogP contribution in [0.15, 0.2) is 65.0 Å². The minimum Gasteiger partial charge on any atom is -0.490 e. The molecule has 5 rings (SSSR count). The maximum atomic E-state index is 13.9. The number of nitro benzene ring substituents is 1. The van der Waals surface area contributed by atoms with Gasteiger partial charge in [-0.05, 0) is 60.8 Å². The first-order valence-electron chi connectivity index (χ1n) is 14.8. The molecule has 8 heteroatoms. The first-order valence-corrected chi connectivity index (χ1v) is 14.8. The minimum absolute atomic E-state index is 0.00344. The smallest absolute Gasteiger partial charge is 0.269 e. The summed E-state index contributed by atoms with van der Waals surface area (Å²) in [6, 6.07) is 12.0. The standard InChI is InChI=1S/C34H40N2O6/c1-7-35-24-16-33(3,4)18-26(37)31(24)30(32-25(35)17-34(5,6)19-27(32)38)22-12-13-28(29(15-22)41-8-2)42-20-21-10-9-11-23(14-21)36(39)40/h9-15,30H,7-8,16-20H2,1-6H3. The minimum atomic E-state index is -0.463. The molecule has 2 aromatic carbocycles. The fraction of sp³-hybridized carbons (Fsp3) is 0.471. The Hall–Kier alpha value is -3.94. The lowest BCUT2D eigenvalue weighted by atomic mass is 9.63. The highest BCUT2D eigenvalue weighted by atomic mass is 16.6. The lowest BCUT2D eigenvalue weighted by Gasteiger charge is -2.48. The van der Waals surface area contributed by atoms with Crippen LogP contribution in [0.25, 0.3) is 0 Å². The zero-order valence-electron chi connectivity index (χ0n) is 25.4. The summed E-state index contributed by atoms with van der Waals surface area (Å²) in [6.07, 6.45) is 2.41. The van der Waals surface area contributed by atoms with Crippen molar-refractivity contribution < 1.29 is 24.0 Å². The summed E-state index contributed by atoms with van der Waals surface area (Å²) >= 11 is 0. The summed E-state index contributed by atoms with van der Waals surface area (Å²) in [5.74, 6) is 0.731. The van der Waals surface area contributed by atoms with Crippen molar-refractivity contribution in [2.75, 3.05) is 13.2 Å². The molecule has 0 aromatic heterocycles. The summed E-state index contributed by atoms with van der Waals surface area (Å²) in [5.41, 5.74) is 4.71. The SMILES string of the molecule is CCOc1cc(C2C3=C(CC(C)(C)CC3=O)N(CC)C3=C2C(=O)CC(C)(C)C3)ccc1OCc1cccc([N+](=O)[O-])c1. The molecule has 0 fully saturated rings. The van der Waals surface area contributed by atoms with Crippen molar-refractivity contribution in [3.63, 3.8) is 0 Å². The molecule has 1 heterocycles. The fourth-order valence-corrected chi connectivity index (χ4v) is 6.78. The number of non-ortho nitro benzene ring substituents is 1. The average Bonchev–Trinajstić information content (AvgIpc) is 2.90. The lowest BCUT2D eigenvalue weighted by Crippen LogP contribution is -2.44. The third-order valence-corrected chi connectivity index (χ3v) is 8.45. The van der Waals surface area contributed by atoms with E-state index >= 15 is 0 Å². The van der Waals surface area contributed by atoms with Gasteiger partial charge in [-0.3, -0.25) is 19.7 Å². The van der Waals surface area contributed by atoms with E-state index in [1.54, 1.807) is 12.1 Å². The van der Waals surface area contributed by atoms with Crippen molar-refractivity contribution >= 4 is 17.3 Å². The number of hydrogen-bond acceptors (Lipinski definition) is 7. The van der Waals surface area contributed by atoms with Crippen LogP contribution in [0, 0.1) is 20.9 Å². The van der Waals surface area contributed by atoms with Crippen molar-refractivity contribution in [1.82, 2.24) is 4.90 Å². The van der Waals surface area contributed by atoms with E-state index < -0.39 is 10.8 Å². The predicted molar refractivity (Wildman–Crippen MR) is 160 cm³/mol. The number of carbonyl (C=O) groups excluding carboxylic acids is 2. The Labute approximate surface area is 247 Å². The second-order valence-corrected chi connectivity index (χ2v) is 13.1. The van der Waals surface area contributed by atoms with Gasteiger partial charge >= 0.3 is 0 Å². The Kier molecular flexibility index (Phi) is 7.77. The highest BCUT2D eigenvalue weighted by molar-refractivity contribution is 6.06. The Balaban J connectivity index is 1.59. The molecule has 2 aromatic rings. The number of nitro groups is 1. The fourth-order valence-electron chi connectivity index (χ4n) is 6.78. The number of allylic oxidation sites excluding steroid dienone is 4. The van der Waals surface area contributed by atoms with Gasteiger partial charge in [0, 0.05) is 60.0 Å². The number of hydrogen-bond donors (Lipinski definition) is 0. The quantitative estimate of drug-likeness (QED) is 0.242. The number of Topliss-reactive ketones (excluding diaryl/α,β-unsaturated/α-hetero) is 2. The van der Waals surface area contributed by atoms with Gasteiger partial charge in [0.15, 0.2) is 23.1 Å². The van der Waals surface area contributed by atoms with Crippen molar-refractivity contribution in [2.45, 2.75) is 79.8 Å². The van der Waals surface area contributed by atoms with Crippen LogP contribution in [0.4, 0.5) is 5.69 Å². The Morgan fingerprint density at radius 1 is 0.857 bits per heavy atom. The van der Waals surface area contributed by atoms with Crippen LogP contribution in [-0.2, 0) is 16.2 Å². The Morgan fingerprint density at radius 2 is 1.48 bits per heavy atom. The summed E-state index contributed by atoms with van der Waals surface area (Å²) in [6.45, 7) is 13.7. The zero-order valence-corrected chi connectivity index (χ0v) is 25.4. The third kappa shape index (κ3) is 5.59. The molecule has 0 amide bonds. The van der Waals surface area contributed by atoms with Crippen molar-refractivity contribution in [3.8, 4) is 11.5 Å². The normalized spacial score (nSPS) is 19.9. The van der Waals surface area contributed by atoms with E-state index in [0.717, 1.165) is 40.9 Å². The van der Waals surface area contributed by atoms with Crippen molar-refractivity contribution in [2.24, 2.45) is 10.8 Å². The van der Waals surface area contributed by atoms with E-state index in [0.29, 0.717) is 43.1 Å². The van der Waals surface area contributed by atoms with E-state index in [9.17, 15) is 19.7 Å². The summed E-state index contributed by atoms with van der Waals surface area (Å²) in [4.78, 5) is 40.8. The molecule has 42 heavy (non-hydrogen) atoms. The van der Waals surface area contributed by atoms with Crippen LogP contribution in [-0.4, -0.2) is 34.5 Å². The van der Waals surface area contributed by atoms with Gasteiger partial charge < -0.3 is 14.4 Å². The first-order chi connectivity index (χ1) is 19.8. The van der Waals surface area contributed by atoms with E-state index in [-0.39, 0.29) is 34.7 Å². The number of carbonyl (C=O) groups is 2. The molecule has 0 unspecified atom stereocenters. The molecule has 0 N–H and O–H groups in total. The highest BCUT2D eigenvalue weighted by Crippen LogP contribution is 2.54. The topological polar surface area (TPSA) is 99.0 Å². The van der Waals surface area contributed by atoms with Gasteiger partial charge in [-0.25, -0.2) is 0 Å². The maximum Gasteiger partial charge on any atom is 0.269 e. The zero-order chi connectivity index (χ0) is 30.4. The van der Waals surface area contributed by atoms with Crippen LogP contribution >= 0.6 is 0 Å². The van der Waals surface area contributed by atoms with Crippen LogP contribution in [0.2, 0.25) is 0 Å². The molecule has 3 aliphatic rings. The molecule has 0 saturated heterocycles. The first kappa shape index (κ1) is 29.5. The number of ether oxygens (including phenoxy) is 2. The van der Waals surface area contributed by atoms with Gasteiger partial charge in [-0.15, -0.1) is 0 Å². The molecule has 8 nitrogen and oxygen atoms in total. The van der Waals surface area contributed by atoms with E-state index in [4.69, 9.17) is 9.47 Å². The molecular formula is C34H40N2O6. The van der Waals surface area contributed by atoms with Crippen LogP contribution in [0.1, 0.15) is 84.3 Å². The van der Waals surface area contributed by atoms with Gasteiger partial charge in [0.25, 0.3) is 5.69 Å². The van der Waals surface area contributed by atoms with E-state index in [1.807, 2.05) is 25.1 Å². The second-order valence-electron chi connectivity index (χ2n) is 13.1. The lowest BCUT2D eigenvalue weighted by molar-refractivity contribution is -0.384. The molecule has 1 aliphatic heterocycles. The van der Waals surface area contributed by atoms with Crippen LogP contribution < -0.4 is 9.47 Å².